The molecule has 2 N–H and O–H groups in total. The second-order valence-electron chi connectivity index (χ2n) is 4.52. The molecule has 0 aliphatic heterocycles. The number of nitrogens with zero attached hydrogens (tertiary/aromatic N) is 2. The predicted molar refractivity (Wildman–Crippen MR) is 70.0 cm³/mol. The van der Waals surface area contributed by atoms with Crippen LogP contribution >= 0.6 is 11.6 Å². The highest BCUT2D eigenvalue weighted by molar-refractivity contribution is 6.29. The fraction of sp³-hybridized carbons (Fsp3) is 0.750. The first kappa shape index (κ1) is 14.5. The van der Waals surface area contributed by atoms with Crippen molar-refractivity contribution in [3.05, 3.63) is 17.2 Å². The smallest absolute Gasteiger partial charge is 0.128 e. The summed E-state index contributed by atoms with van der Waals surface area (Å²) in [6.07, 6.45) is 3.58. The average Bonchev–Trinajstić information content (AvgIpc) is 2.67. The van der Waals surface area contributed by atoms with E-state index in [-0.39, 0.29) is 12.0 Å². The van der Waals surface area contributed by atoms with Crippen molar-refractivity contribution in [3.63, 3.8) is 0 Å². The van der Waals surface area contributed by atoms with Crippen molar-refractivity contribution in [1.82, 2.24) is 14.9 Å². The molecule has 0 aromatic carbocycles. The van der Waals surface area contributed by atoms with E-state index >= 15 is 0 Å². The minimum atomic E-state index is -0.0189. The number of rotatable bonds is 7. The summed E-state index contributed by atoms with van der Waals surface area (Å²) in [5, 5.41) is 13.4. The first-order valence-electron chi connectivity index (χ1n) is 6.06. The van der Waals surface area contributed by atoms with Gasteiger partial charge in [-0.05, 0) is 12.8 Å². The van der Waals surface area contributed by atoms with E-state index in [1.807, 2.05) is 11.6 Å². The number of aliphatic hydroxyl groups is 1. The first-order valence-corrected chi connectivity index (χ1v) is 6.44. The normalized spacial score (nSPS) is 12.1. The van der Waals surface area contributed by atoms with Gasteiger partial charge in [0.2, 0.25) is 0 Å². The Morgan fingerprint density at radius 2 is 2.12 bits per heavy atom. The van der Waals surface area contributed by atoms with Crippen LogP contribution in [0.5, 0.6) is 0 Å². The third-order valence-corrected chi connectivity index (χ3v) is 4.00. The summed E-state index contributed by atoms with van der Waals surface area (Å²) in [7, 11) is 1.89. The van der Waals surface area contributed by atoms with Gasteiger partial charge in [0.25, 0.3) is 0 Å². The molecule has 4 nitrogen and oxygen atoms in total. The molecular formula is C12H22ClN3O. The van der Waals surface area contributed by atoms with E-state index in [4.69, 9.17) is 11.6 Å². The van der Waals surface area contributed by atoms with Crippen LogP contribution < -0.4 is 5.32 Å². The Balaban J connectivity index is 2.49. The predicted octanol–water partition coefficient (Wildman–Crippen LogP) is 1.96. The van der Waals surface area contributed by atoms with Crippen molar-refractivity contribution in [1.29, 1.82) is 0 Å². The van der Waals surface area contributed by atoms with Crippen LogP contribution in [0, 0.1) is 5.41 Å². The standard InChI is InChI=1S/C12H22ClN3O/c1-4-12(5-2,9-17)8-14-7-11-15-6-10(13)16(11)3/h6,14,17H,4-5,7-9H2,1-3H3. The van der Waals surface area contributed by atoms with Gasteiger partial charge in [0.05, 0.1) is 12.7 Å². The number of halogens is 1. The maximum absolute atomic E-state index is 9.45. The van der Waals surface area contributed by atoms with Gasteiger partial charge in [0.1, 0.15) is 11.0 Å². The molecule has 0 saturated carbocycles. The maximum Gasteiger partial charge on any atom is 0.128 e. The quantitative estimate of drug-likeness (QED) is 0.787. The molecule has 98 valence electrons. The molecule has 0 fully saturated rings. The molecule has 0 radical (unpaired) electrons. The van der Waals surface area contributed by atoms with Crippen LogP contribution in [-0.4, -0.2) is 27.8 Å². The molecule has 0 unspecified atom stereocenters. The van der Waals surface area contributed by atoms with Gasteiger partial charge in [-0.2, -0.15) is 0 Å². The highest BCUT2D eigenvalue weighted by atomic mass is 35.5. The van der Waals surface area contributed by atoms with Gasteiger partial charge >= 0.3 is 0 Å². The third kappa shape index (κ3) is 3.44. The van der Waals surface area contributed by atoms with Crippen molar-refractivity contribution in [2.75, 3.05) is 13.2 Å². The molecule has 1 aromatic rings. The lowest BCUT2D eigenvalue weighted by Crippen LogP contribution is -2.36. The molecule has 1 heterocycles. The molecule has 0 spiro atoms. The van der Waals surface area contributed by atoms with E-state index in [0.29, 0.717) is 11.7 Å². The Morgan fingerprint density at radius 1 is 1.47 bits per heavy atom. The highest BCUT2D eigenvalue weighted by Gasteiger charge is 2.24. The van der Waals surface area contributed by atoms with Crippen LogP contribution in [-0.2, 0) is 13.6 Å². The molecule has 0 amide bonds. The Labute approximate surface area is 108 Å². The Hall–Kier alpha value is -0.580. The lowest BCUT2D eigenvalue weighted by molar-refractivity contribution is 0.112. The Morgan fingerprint density at radius 3 is 2.53 bits per heavy atom. The first-order chi connectivity index (χ1) is 8.08. The molecule has 0 aliphatic carbocycles. The summed E-state index contributed by atoms with van der Waals surface area (Å²) in [5.41, 5.74) is -0.0189. The van der Waals surface area contributed by atoms with E-state index in [1.165, 1.54) is 0 Å². The molecule has 17 heavy (non-hydrogen) atoms. The summed E-state index contributed by atoms with van der Waals surface area (Å²) in [6.45, 7) is 5.90. The van der Waals surface area contributed by atoms with E-state index in [9.17, 15) is 5.11 Å². The van der Waals surface area contributed by atoms with E-state index < -0.39 is 0 Å². The minimum absolute atomic E-state index is 0.0189. The number of aliphatic hydroxyl groups excluding tert-OH is 1. The van der Waals surface area contributed by atoms with Gasteiger partial charge in [0, 0.05) is 25.6 Å². The van der Waals surface area contributed by atoms with Crippen molar-refractivity contribution in [2.24, 2.45) is 12.5 Å². The highest BCUT2D eigenvalue weighted by Crippen LogP contribution is 2.24. The number of imidazole rings is 1. The van der Waals surface area contributed by atoms with Gasteiger partial charge in [-0.3, -0.25) is 0 Å². The molecule has 1 rings (SSSR count). The van der Waals surface area contributed by atoms with E-state index in [1.54, 1.807) is 6.20 Å². The molecule has 0 aliphatic rings. The molecular weight excluding hydrogens is 238 g/mol. The average molecular weight is 260 g/mol. The molecule has 0 atom stereocenters. The molecule has 5 heteroatoms. The number of hydrogen-bond acceptors (Lipinski definition) is 3. The second-order valence-corrected chi connectivity index (χ2v) is 4.91. The lowest BCUT2D eigenvalue weighted by atomic mass is 9.83. The summed E-state index contributed by atoms with van der Waals surface area (Å²) in [6, 6.07) is 0. The summed E-state index contributed by atoms with van der Waals surface area (Å²) in [5.74, 6) is 0.911. The van der Waals surface area contributed by atoms with Gasteiger partial charge in [-0.25, -0.2) is 4.98 Å². The fourth-order valence-corrected chi connectivity index (χ4v) is 1.95. The third-order valence-electron chi connectivity index (χ3n) is 3.65. The molecule has 0 saturated heterocycles. The second kappa shape index (κ2) is 6.38. The summed E-state index contributed by atoms with van der Waals surface area (Å²) >= 11 is 5.91. The monoisotopic (exact) mass is 259 g/mol. The zero-order valence-electron chi connectivity index (χ0n) is 10.8. The van der Waals surface area contributed by atoms with Crippen molar-refractivity contribution in [2.45, 2.75) is 33.2 Å². The van der Waals surface area contributed by atoms with Crippen LogP contribution in [0.15, 0.2) is 6.20 Å². The Kier molecular flexibility index (Phi) is 5.43. The van der Waals surface area contributed by atoms with Crippen LogP contribution in [0.3, 0.4) is 0 Å². The van der Waals surface area contributed by atoms with Crippen LogP contribution in [0.4, 0.5) is 0 Å². The fourth-order valence-electron chi connectivity index (χ4n) is 1.81. The summed E-state index contributed by atoms with van der Waals surface area (Å²) in [4.78, 5) is 4.22. The largest absolute Gasteiger partial charge is 0.396 e. The minimum Gasteiger partial charge on any atom is -0.396 e. The van der Waals surface area contributed by atoms with Crippen molar-refractivity contribution >= 4 is 11.6 Å². The van der Waals surface area contributed by atoms with Gasteiger partial charge in [-0.15, -0.1) is 0 Å². The topological polar surface area (TPSA) is 50.1 Å². The molecule has 0 bridgehead atoms. The zero-order valence-corrected chi connectivity index (χ0v) is 11.6. The van der Waals surface area contributed by atoms with E-state index in [0.717, 1.165) is 25.2 Å². The molecule has 1 aromatic heterocycles. The Bertz CT molecular complexity index is 339. The maximum atomic E-state index is 9.45. The van der Waals surface area contributed by atoms with Gasteiger partial charge < -0.3 is 15.0 Å². The van der Waals surface area contributed by atoms with Crippen LogP contribution in [0.25, 0.3) is 0 Å². The van der Waals surface area contributed by atoms with Gasteiger partial charge in [0.15, 0.2) is 0 Å². The van der Waals surface area contributed by atoms with Crippen LogP contribution in [0.1, 0.15) is 32.5 Å². The summed E-state index contributed by atoms with van der Waals surface area (Å²) < 4.78 is 1.85. The van der Waals surface area contributed by atoms with Crippen molar-refractivity contribution < 1.29 is 5.11 Å². The SMILES string of the molecule is CCC(CC)(CO)CNCc1ncc(Cl)n1C. The van der Waals surface area contributed by atoms with E-state index in [2.05, 4.69) is 24.1 Å². The zero-order chi connectivity index (χ0) is 12.9. The number of aromatic nitrogens is 2. The van der Waals surface area contributed by atoms with Gasteiger partial charge in [-0.1, -0.05) is 25.4 Å². The van der Waals surface area contributed by atoms with Crippen molar-refractivity contribution in [3.8, 4) is 0 Å². The lowest BCUT2D eigenvalue weighted by Gasteiger charge is -2.29. The van der Waals surface area contributed by atoms with Crippen LogP contribution in [0.2, 0.25) is 5.15 Å². The number of nitrogens with one attached hydrogen (secondary N) is 1. The number of hydrogen-bond donors (Lipinski definition) is 2.